The predicted octanol–water partition coefficient (Wildman–Crippen LogP) is 1.26. The van der Waals surface area contributed by atoms with Gasteiger partial charge in [-0.05, 0) is 26.0 Å². The number of amides is 2. The molecule has 1 aliphatic rings. The average molecular weight is 351 g/mol. The molecule has 1 aromatic rings. The monoisotopic (exact) mass is 351 g/mol. The molecule has 1 N–H and O–H groups in total. The van der Waals surface area contributed by atoms with Crippen LogP contribution in [-0.2, 0) is 14.3 Å². The van der Waals surface area contributed by atoms with Gasteiger partial charge in [-0.2, -0.15) is 0 Å². The SMILES string of the molecule is COCCNC(=O)C(C)(C)C(=O)N1CCN(c2ccccc2F)CC1. The largest absolute Gasteiger partial charge is 0.383 e. The Morgan fingerprint density at radius 1 is 1.20 bits per heavy atom. The number of rotatable bonds is 6. The summed E-state index contributed by atoms with van der Waals surface area (Å²) in [6.45, 7) is 6.01. The molecule has 1 saturated heterocycles. The summed E-state index contributed by atoms with van der Waals surface area (Å²) in [7, 11) is 1.55. The Bertz CT molecular complexity index is 613. The zero-order chi connectivity index (χ0) is 18.4. The zero-order valence-electron chi connectivity index (χ0n) is 15.0. The van der Waals surface area contributed by atoms with Crippen LogP contribution in [0.3, 0.4) is 0 Å². The molecule has 0 atom stereocenters. The second kappa shape index (κ2) is 8.29. The Labute approximate surface area is 147 Å². The highest BCUT2D eigenvalue weighted by atomic mass is 19.1. The first kappa shape index (κ1) is 19.2. The van der Waals surface area contributed by atoms with Gasteiger partial charge < -0.3 is 19.9 Å². The minimum atomic E-state index is -1.14. The first-order valence-electron chi connectivity index (χ1n) is 8.44. The molecule has 0 saturated carbocycles. The summed E-state index contributed by atoms with van der Waals surface area (Å²) in [5.74, 6) is -0.790. The molecular formula is C18H26FN3O3. The van der Waals surface area contributed by atoms with E-state index < -0.39 is 5.41 Å². The molecule has 0 bridgehead atoms. The van der Waals surface area contributed by atoms with Gasteiger partial charge in [0.2, 0.25) is 11.8 Å². The fraction of sp³-hybridized carbons (Fsp3) is 0.556. The van der Waals surface area contributed by atoms with Crippen LogP contribution in [0.25, 0.3) is 0 Å². The Morgan fingerprint density at radius 2 is 1.84 bits per heavy atom. The summed E-state index contributed by atoms with van der Waals surface area (Å²) in [4.78, 5) is 28.6. The van der Waals surface area contributed by atoms with Crippen LogP contribution < -0.4 is 10.2 Å². The molecule has 1 aromatic carbocycles. The van der Waals surface area contributed by atoms with Gasteiger partial charge in [0.15, 0.2) is 0 Å². The van der Waals surface area contributed by atoms with E-state index in [1.807, 2.05) is 4.90 Å². The molecule has 2 amide bonds. The van der Waals surface area contributed by atoms with Crippen LogP contribution in [0, 0.1) is 11.2 Å². The lowest BCUT2D eigenvalue weighted by Gasteiger charge is -2.39. The smallest absolute Gasteiger partial charge is 0.237 e. The van der Waals surface area contributed by atoms with Gasteiger partial charge in [0.25, 0.3) is 0 Å². The normalized spacial score (nSPS) is 15.2. The van der Waals surface area contributed by atoms with Gasteiger partial charge >= 0.3 is 0 Å². The third-order valence-corrected chi connectivity index (χ3v) is 4.45. The van der Waals surface area contributed by atoms with Crippen molar-refractivity contribution in [1.29, 1.82) is 0 Å². The first-order valence-corrected chi connectivity index (χ1v) is 8.44. The third-order valence-electron chi connectivity index (χ3n) is 4.45. The van der Waals surface area contributed by atoms with Crippen LogP contribution in [-0.4, -0.2) is 63.2 Å². The minimum absolute atomic E-state index is 0.212. The fourth-order valence-electron chi connectivity index (χ4n) is 2.84. The predicted molar refractivity (Wildman–Crippen MR) is 93.9 cm³/mol. The molecule has 0 unspecified atom stereocenters. The number of nitrogens with zero attached hydrogens (tertiary/aromatic N) is 2. The number of hydrogen-bond acceptors (Lipinski definition) is 4. The number of carbonyl (C=O) groups excluding carboxylic acids is 2. The van der Waals surface area contributed by atoms with Crippen molar-refractivity contribution in [3.05, 3.63) is 30.1 Å². The van der Waals surface area contributed by atoms with Gasteiger partial charge in [-0.3, -0.25) is 9.59 Å². The van der Waals surface area contributed by atoms with Crippen LogP contribution in [0.2, 0.25) is 0 Å². The standard InChI is InChI=1S/C18H26FN3O3/c1-18(2,16(23)20-8-13-25-3)17(24)22-11-9-21(10-12-22)15-7-5-4-6-14(15)19/h4-7H,8-13H2,1-3H3,(H,20,23). The van der Waals surface area contributed by atoms with E-state index >= 15 is 0 Å². The summed E-state index contributed by atoms with van der Waals surface area (Å²) in [5, 5.41) is 2.71. The van der Waals surface area contributed by atoms with Gasteiger partial charge in [0, 0.05) is 39.8 Å². The Hall–Kier alpha value is -2.15. The number of carbonyl (C=O) groups is 2. The van der Waals surface area contributed by atoms with Crippen LogP contribution in [0.1, 0.15) is 13.8 Å². The number of hydrogen-bond donors (Lipinski definition) is 1. The molecule has 2 rings (SSSR count). The minimum Gasteiger partial charge on any atom is -0.383 e. The average Bonchev–Trinajstić information content (AvgIpc) is 2.61. The summed E-state index contributed by atoms with van der Waals surface area (Å²) in [6.07, 6.45) is 0. The molecule has 6 nitrogen and oxygen atoms in total. The van der Waals surface area contributed by atoms with E-state index in [-0.39, 0.29) is 17.6 Å². The molecule has 138 valence electrons. The number of halogens is 1. The van der Waals surface area contributed by atoms with E-state index in [0.717, 1.165) is 0 Å². The van der Waals surface area contributed by atoms with E-state index in [1.165, 1.54) is 6.07 Å². The number of para-hydroxylation sites is 1. The summed E-state index contributed by atoms with van der Waals surface area (Å²) < 4.78 is 18.8. The van der Waals surface area contributed by atoms with Crippen molar-refractivity contribution in [1.82, 2.24) is 10.2 Å². The second-order valence-electron chi connectivity index (χ2n) is 6.60. The molecule has 1 fully saturated rings. The van der Waals surface area contributed by atoms with Crippen molar-refractivity contribution < 1.29 is 18.7 Å². The van der Waals surface area contributed by atoms with Gasteiger partial charge in [-0.25, -0.2) is 4.39 Å². The molecule has 0 aromatic heterocycles. The maximum atomic E-state index is 13.9. The van der Waals surface area contributed by atoms with E-state index in [0.29, 0.717) is 45.0 Å². The topological polar surface area (TPSA) is 61.9 Å². The van der Waals surface area contributed by atoms with E-state index in [9.17, 15) is 14.0 Å². The van der Waals surface area contributed by atoms with Crippen molar-refractivity contribution in [2.75, 3.05) is 51.3 Å². The number of anilines is 1. The number of piperazine rings is 1. The summed E-state index contributed by atoms with van der Waals surface area (Å²) in [6, 6.07) is 6.62. The lowest BCUT2D eigenvalue weighted by atomic mass is 9.90. The maximum Gasteiger partial charge on any atom is 0.237 e. The highest BCUT2D eigenvalue weighted by Gasteiger charge is 2.39. The van der Waals surface area contributed by atoms with Crippen LogP contribution in [0.5, 0.6) is 0 Å². The lowest BCUT2D eigenvalue weighted by Crippen LogP contribution is -2.55. The van der Waals surface area contributed by atoms with Crippen molar-refractivity contribution in [2.45, 2.75) is 13.8 Å². The molecule has 1 aliphatic heterocycles. The van der Waals surface area contributed by atoms with Crippen LogP contribution in [0.15, 0.2) is 24.3 Å². The van der Waals surface area contributed by atoms with Crippen LogP contribution >= 0.6 is 0 Å². The number of ether oxygens (including phenoxy) is 1. The molecule has 25 heavy (non-hydrogen) atoms. The van der Waals surface area contributed by atoms with Gasteiger partial charge in [-0.15, -0.1) is 0 Å². The molecule has 0 radical (unpaired) electrons. The second-order valence-corrected chi connectivity index (χ2v) is 6.60. The van der Waals surface area contributed by atoms with Gasteiger partial charge in [0.05, 0.1) is 12.3 Å². The van der Waals surface area contributed by atoms with Gasteiger partial charge in [0.1, 0.15) is 11.2 Å². The Kier molecular flexibility index (Phi) is 6.36. The molecule has 7 heteroatoms. The van der Waals surface area contributed by atoms with E-state index in [2.05, 4.69) is 5.32 Å². The van der Waals surface area contributed by atoms with Crippen molar-refractivity contribution in [2.24, 2.45) is 5.41 Å². The molecular weight excluding hydrogens is 325 g/mol. The Morgan fingerprint density at radius 3 is 2.44 bits per heavy atom. The van der Waals surface area contributed by atoms with E-state index in [1.54, 1.807) is 44.1 Å². The summed E-state index contributed by atoms with van der Waals surface area (Å²) >= 11 is 0. The first-order chi connectivity index (χ1) is 11.9. The highest BCUT2D eigenvalue weighted by molar-refractivity contribution is 6.04. The van der Waals surface area contributed by atoms with Crippen LogP contribution in [0.4, 0.5) is 10.1 Å². The zero-order valence-corrected chi connectivity index (χ0v) is 15.0. The maximum absolute atomic E-state index is 13.9. The van der Waals surface area contributed by atoms with Crippen molar-refractivity contribution >= 4 is 17.5 Å². The Balaban J connectivity index is 1.94. The lowest BCUT2D eigenvalue weighted by molar-refractivity contribution is -0.148. The molecule has 0 aliphatic carbocycles. The van der Waals surface area contributed by atoms with Gasteiger partial charge in [-0.1, -0.05) is 12.1 Å². The van der Waals surface area contributed by atoms with Crippen molar-refractivity contribution in [3.63, 3.8) is 0 Å². The third kappa shape index (κ3) is 4.48. The summed E-state index contributed by atoms with van der Waals surface area (Å²) in [5.41, 5.74) is -0.598. The number of benzene rings is 1. The fourth-order valence-corrected chi connectivity index (χ4v) is 2.84. The van der Waals surface area contributed by atoms with Crippen molar-refractivity contribution in [3.8, 4) is 0 Å². The number of methoxy groups -OCH3 is 1. The molecule has 0 spiro atoms. The highest BCUT2D eigenvalue weighted by Crippen LogP contribution is 2.23. The van der Waals surface area contributed by atoms with E-state index in [4.69, 9.17) is 4.74 Å². The molecule has 1 heterocycles. The quantitative estimate of drug-likeness (QED) is 0.619. The number of nitrogens with one attached hydrogen (secondary N) is 1.